The first kappa shape index (κ1) is 13.0. The molecule has 1 aliphatic carbocycles. The van der Waals surface area contributed by atoms with Gasteiger partial charge < -0.3 is 4.98 Å². The van der Waals surface area contributed by atoms with E-state index in [1.807, 2.05) is 6.07 Å². The molecule has 0 radical (unpaired) electrons. The van der Waals surface area contributed by atoms with E-state index in [4.69, 9.17) is 11.6 Å². The first-order valence-corrected chi connectivity index (χ1v) is 7.21. The van der Waals surface area contributed by atoms with Gasteiger partial charge in [-0.25, -0.2) is 13.8 Å². The van der Waals surface area contributed by atoms with Crippen molar-refractivity contribution in [3.8, 4) is 0 Å². The zero-order chi connectivity index (χ0) is 14.6. The van der Waals surface area contributed by atoms with Crippen LogP contribution in [0.15, 0.2) is 24.4 Å². The van der Waals surface area contributed by atoms with Crippen molar-refractivity contribution in [2.24, 2.45) is 0 Å². The smallest absolute Gasteiger partial charge is 0.248 e. The number of fused-ring (bicyclic) bond motifs is 3. The molecule has 1 aliphatic rings. The largest absolute Gasteiger partial charge is 0.340 e. The van der Waals surface area contributed by atoms with E-state index in [-0.39, 0.29) is 18.8 Å². The zero-order valence-electron chi connectivity index (χ0n) is 11.0. The van der Waals surface area contributed by atoms with E-state index in [2.05, 4.69) is 15.0 Å². The summed E-state index contributed by atoms with van der Waals surface area (Å²) in [7, 11) is 0. The minimum absolute atomic E-state index is 0.0699. The molecule has 0 saturated heterocycles. The summed E-state index contributed by atoms with van der Waals surface area (Å²) in [5.74, 6) is -2.18. The van der Waals surface area contributed by atoms with Crippen molar-refractivity contribution in [1.82, 2.24) is 15.0 Å². The van der Waals surface area contributed by atoms with E-state index in [9.17, 15) is 8.78 Å². The second-order valence-corrected chi connectivity index (χ2v) is 6.04. The molecule has 0 amide bonds. The van der Waals surface area contributed by atoms with Crippen LogP contribution < -0.4 is 0 Å². The zero-order valence-corrected chi connectivity index (χ0v) is 11.8. The van der Waals surface area contributed by atoms with Gasteiger partial charge in [0.1, 0.15) is 5.82 Å². The van der Waals surface area contributed by atoms with Gasteiger partial charge in [-0.15, -0.1) is 0 Å². The summed E-state index contributed by atoms with van der Waals surface area (Å²) >= 11 is 6.03. The lowest BCUT2D eigenvalue weighted by molar-refractivity contribution is 0.00756. The lowest BCUT2D eigenvalue weighted by Gasteiger charge is -2.07. The Morgan fingerprint density at radius 1 is 1.33 bits per heavy atom. The molecule has 4 rings (SSSR count). The molecule has 1 unspecified atom stereocenters. The monoisotopic (exact) mass is 307 g/mol. The maximum atomic E-state index is 13.4. The fourth-order valence-corrected chi connectivity index (χ4v) is 3.20. The summed E-state index contributed by atoms with van der Waals surface area (Å²) in [6.07, 6.45) is 1.94. The maximum absolute atomic E-state index is 13.4. The summed E-state index contributed by atoms with van der Waals surface area (Å²) in [6.45, 7) is 0. The molecule has 6 heteroatoms. The van der Waals surface area contributed by atoms with Crippen molar-refractivity contribution in [1.29, 1.82) is 0 Å². The average Bonchev–Trinajstić information content (AvgIpc) is 3.01. The highest BCUT2D eigenvalue weighted by atomic mass is 35.5. The van der Waals surface area contributed by atoms with Gasteiger partial charge in [-0.1, -0.05) is 11.6 Å². The Kier molecular flexibility index (Phi) is 2.70. The molecule has 1 aromatic carbocycles. The van der Waals surface area contributed by atoms with Crippen molar-refractivity contribution in [2.45, 2.75) is 31.1 Å². The van der Waals surface area contributed by atoms with Crippen LogP contribution >= 0.6 is 11.6 Å². The summed E-state index contributed by atoms with van der Waals surface area (Å²) < 4.78 is 26.7. The predicted molar refractivity (Wildman–Crippen MR) is 77.9 cm³/mol. The summed E-state index contributed by atoms with van der Waals surface area (Å²) in [5, 5.41) is 1.45. The van der Waals surface area contributed by atoms with Crippen molar-refractivity contribution in [3.63, 3.8) is 0 Å². The van der Waals surface area contributed by atoms with E-state index < -0.39 is 5.92 Å². The summed E-state index contributed by atoms with van der Waals surface area (Å²) in [4.78, 5) is 12.0. The second kappa shape index (κ2) is 4.37. The van der Waals surface area contributed by atoms with Crippen LogP contribution in [-0.2, 0) is 0 Å². The van der Waals surface area contributed by atoms with Gasteiger partial charge in [0.15, 0.2) is 0 Å². The Hall–Kier alpha value is -1.75. The fourth-order valence-electron chi connectivity index (χ4n) is 3.03. The first-order valence-electron chi connectivity index (χ1n) is 6.83. The first-order chi connectivity index (χ1) is 10.0. The molecule has 1 fully saturated rings. The highest BCUT2D eigenvalue weighted by Gasteiger charge is 2.41. The van der Waals surface area contributed by atoms with Gasteiger partial charge in [0.05, 0.1) is 22.7 Å². The van der Waals surface area contributed by atoms with Gasteiger partial charge in [0.25, 0.3) is 0 Å². The van der Waals surface area contributed by atoms with E-state index in [1.54, 1.807) is 18.3 Å². The van der Waals surface area contributed by atoms with Gasteiger partial charge in [0, 0.05) is 29.2 Å². The van der Waals surface area contributed by atoms with E-state index in [0.717, 1.165) is 21.9 Å². The number of nitrogens with zero attached hydrogens (tertiary/aromatic N) is 2. The van der Waals surface area contributed by atoms with Crippen LogP contribution in [0.1, 0.15) is 31.0 Å². The number of hydrogen-bond acceptors (Lipinski definition) is 2. The number of imidazole rings is 1. The number of aromatic nitrogens is 3. The van der Waals surface area contributed by atoms with Gasteiger partial charge in [-0.05, 0) is 24.6 Å². The number of H-pyrrole nitrogens is 1. The number of nitrogens with one attached hydrogen (secondary N) is 1. The summed E-state index contributed by atoms with van der Waals surface area (Å²) in [6, 6.07) is 5.41. The number of benzene rings is 1. The topological polar surface area (TPSA) is 41.6 Å². The molecule has 0 aliphatic heterocycles. The molecule has 21 heavy (non-hydrogen) atoms. The Balaban J connectivity index is 1.86. The van der Waals surface area contributed by atoms with Crippen LogP contribution in [0.2, 0.25) is 5.02 Å². The van der Waals surface area contributed by atoms with E-state index >= 15 is 0 Å². The van der Waals surface area contributed by atoms with Crippen LogP contribution in [0.25, 0.3) is 21.9 Å². The molecule has 108 valence electrons. The molecule has 3 aromatic rings. The van der Waals surface area contributed by atoms with Crippen LogP contribution in [-0.4, -0.2) is 20.9 Å². The summed E-state index contributed by atoms with van der Waals surface area (Å²) in [5.41, 5.74) is 2.30. The quantitative estimate of drug-likeness (QED) is 0.710. The van der Waals surface area contributed by atoms with Crippen LogP contribution in [0, 0.1) is 0 Å². The number of alkyl halides is 2. The third kappa shape index (κ3) is 2.16. The minimum Gasteiger partial charge on any atom is -0.340 e. The number of pyridine rings is 1. The molecule has 3 nitrogen and oxygen atoms in total. The predicted octanol–water partition coefficient (Wildman–Crippen LogP) is 4.67. The standard InChI is InChI=1S/C15H12ClF2N3/c16-9-1-2-11-10(5-9)13-12(7-19-11)20-14(21-13)8-3-4-15(17,18)6-8/h1-2,5,7-8H,3-4,6H2,(H,20,21). The fraction of sp³-hybridized carbons (Fsp3) is 0.333. The number of rotatable bonds is 1. The SMILES string of the molecule is FC1(F)CCC(c2nc3c(cnc4ccc(Cl)cc43)[nH]2)C1. The Morgan fingerprint density at radius 2 is 2.19 bits per heavy atom. The molecule has 1 saturated carbocycles. The van der Waals surface area contributed by atoms with Crippen molar-refractivity contribution < 1.29 is 8.78 Å². The van der Waals surface area contributed by atoms with Crippen LogP contribution in [0.4, 0.5) is 8.78 Å². The molecular weight excluding hydrogens is 296 g/mol. The minimum atomic E-state index is -2.58. The van der Waals surface area contributed by atoms with Gasteiger partial charge >= 0.3 is 0 Å². The van der Waals surface area contributed by atoms with E-state index in [1.165, 1.54) is 0 Å². The third-order valence-corrected chi connectivity index (χ3v) is 4.32. The number of halogens is 3. The molecular formula is C15H12ClF2N3. The van der Waals surface area contributed by atoms with Crippen molar-refractivity contribution in [3.05, 3.63) is 35.2 Å². The number of hydrogen-bond donors (Lipinski definition) is 1. The van der Waals surface area contributed by atoms with Crippen molar-refractivity contribution in [2.75, 3.05) is 0 Å². The third-order valence-electron chi connectivity index (χ3n) is 4.09. The highest BCUT2D eigenvalue weighted by molar-refractivity contribution is 6.31. The highest BCUT2D eigenvalue weighted by Crippen LogP contribution is 2.43. The lowest BCUT2D eigenvalue weighted by atomic mass is 10.1. The van der Waals surface area contributed by atoms with Gasteiger partial charge in [-0.2, -0.15) is 0 Å². The molecule has 1 atom stereocenters. The number of aromatic amines is 1. The van der Waals surface area contributed by atoms with Gasteiger partial charge in [0.2, 0.25) is 5.92 Å². The van der Waals surface area contributed by atoms with Crippen LogP contribution in [0.3, 0.4) is 0 Å². The molecule has 0 bridgehead atoms. The lowest BCUT2D eigenvalue weighted by Crippen LogP contribution is -2.09. The Labute approximate surface area is 124 Å². The normalized spacial score (nSPS) is 21.4. The van der Waals surface area contributed by atoms with Gasteiger partial charge in [-0.3, -0.25) is 4.98 Å². The van der Waals surface area contributed by atoms with Crippen LogP contribution in [0.5, 0.6) is 0 Å². The average molecular weight is 308 g/mol. The molecule has 0 spiro atoms. The van der Waals surface area contributed by atoms with E-state index in [0.29, 0.717) is 17.3 Å². The Morgan fingerprint density at radius 3 is 2.95 bits per heavy atom. The molecule has 1 N–H and O–H groups in total. The molecule has 2 aromatic heterocycles. The second-order valence-electron chi connectivity index (χ2n) is 5.60. The van der Waals surface area contributed by atoms with Crippen molar-refractivity contribution >= 4 is 33.5 Å². The Bertz CT molecular complexity index is 843. The maximum Gasteiger partial charge on any atom is 0.248 e. The molecule has 2 heterocycles.